The van der Waals surface area contributed by atoms with Gasteiger partial charge in [0.15, 0.2) is 0 Å². The Bertz CT molecular complexity index is 448. The number of hydrogen-bond donors (Lipinski definition) is 0. The summed E-state index contributed by atoms with van der Waals surface area (Å²) in [5.74, 6) is 0.697. The molecular weight excluding hydrogens is 244 g/mol. The number of anilines is 1. The average molecular weight is 264 g/mol. The second-order valence-electron chi connectivity index (χ2n) is 4.62. The van der Waals surface area contributed by atoms with E-state index in [2.05, 4.69) is 4.98 Å². The van der Waals surface area contributed by atoms with Crippen molar-refractivity contribution in [3.63, 3.8) is 0 Å². The molecule has 0 unspecified atom stereocenters. The van der Waals surface area contributed by atoms with Crippen LogP contribution in [0.4, 0.5) is 5.69 Å². The molecule has 1 aromatic rings. The Balaban J connectivity index is 2.00. The average Bonchev–Trinajstić information content (AvgIpc) is 2.42. The van der Waals surface area contributed by atoms with Crippen LogP contribution in [0.25, 0.3) is 0 Å². The highest BCUT2D eigenvalue weighted by Gasteiger charge is 2.24. The lowest BCUT2D eigenvalue weighted by molar-refractivity contribution is -0.119. The van der Waals surface area contributed by atoms with Gasteiger partial charge >= 0.3 is 0 Å². The van der Waals surface area contributed by atoms with Crippen molar-refractivity contribution in [1.82, 2.24) is 4.98 Å². The number of pyridine rings is 1. The molecule has 0 saturated heterocycles. The van der Waals surface area contributed by atoms with Crippen LogP contribution in [0.1, 0.15) is 25.0 Å². The minimum absolute atomic E-state index is 0.131. The summed E-state index contributed by atoms with van der Waals surface area (Å²) in [7, 11) is 1.67. The predicted molar refractivity (Wildman–Crippen MR) is 72.5 cm³/mol. The first-order chi connectivity index (χ1) is 9.22. The summed E-state index contributed by atoms with van der Waals surface area (Å²) in [5.41, 5.74) is 1.68. The molecule has 0 bridgehead atoms. The number of carbonyl (C=O) groups excluding carboxylic acids is 1. The molecular formula is C14H20N2O3. The van der Waals surface area contributed by atoms with Crippen LogP contribution >= 0.6 is 0 Å². The highest BCUT2D eigenvalue weighted by Crippen LogP contribution is 2.30. The standard InChI is InChI=1S/C14H20N2O3/c1-11-6-7-12-14(15-11)19-10-8-16(12)13(17)5-3-4-9-18-2/h6-7H,3-5,8-10H2,1-2H3. The molecule has 1 aliphatic rings. The lowest BCUT2D eigenvalue weighted by Crippen LogP contribution is -2.38. The Labute approximate surface area is 113 Å². The van der Waals surface area contributed by atoms with Gasteiger partial charge in [-0.15, -0.1) is 0 Å². The number of ether oxygens (including phenoxy) is 2. The van der Waals surface area contributed by atoms with Gasteiger partial charge in [-0.1, -0.05) is 0 Å². The first-order valence-corrected chi connectivity index (χ1v) is 6.62. The molecule has 5 nitrogen and oxygen atoms in total. The van der Waals surface area contributed by atoms with Gasteiger partial charge in [-0.3, -0.25) is 4.79 Å². The van der Waals surface area contributed by atoms with Crippen molar-refractivity contribution in [2.45, 2.75) is 26.2 Å². The maximum atomic E-state index is 12.2. The van der Waals surface area contributed by atoms with Crippen LogP contribution in [-0.2, 0) is 9.53 Å². The van der Waals surface area contributed by atoms with Gasteiger partial charge in [0.1, 0.15) is 12.3 Å². The number of aromatic nitrogens is 1. The van der Waals surface area contributed by atoms with Gasteiger partial charge < -0.3 is 14.4 Å². The van der Waals surface area contributed by atoms with Gasteiger partial charge in [0.05, 0.1) is 6.54 Å². The Morgan fingerprint density at radius 3 is 3.11 bits per heavy atom. The van der Waals surface area contributed by atoms with Crippen LogP contribution in [-0.4, -0.2) is 37.8 Å². The maximum absolute atomic E-state index is 12.2. The number of rotatable bonds is 5. The summed E-state index contributed by atoms with van der Waals surface area (Å²) >= 11 is 0. The third kappa shape index (κ3) is 3.44. The van der Waals surface area contributed by atoms with E-state index in [0.29, 0.717) is 32.1 Å². The Hall–Kier alpha value is -1.62. The molecule has 1 aromatic heterocycles. The lowest BCUT2D eigenvalue weighted by Gasteiger charge is -2.28. The minimum Gasteiger partial charge on any atom is -0.474 e. The van der Waals surface area contributed by atoms with Gasteiger partial charge in [-0.05, 0) is 31.9 Å². The van der Waals surface area contributed by atoms with E-state index in [0.717, 1.165) is 24.2 Å². The van der Waals surface area contributed by atoms with Crippen LogP contribution in [0.3, 0.4) is 0 Å². The van der Waals surface area contributed by atoms with Crippen LogP contribution in [0.15, 0.2) is 12.1 Å². The third-order valence-corrected chi connectivity index (χ3v) is 3.11. The number of hydrogen-bond acceptors (Lipinski definition) is 4. The SMILES string of the molecule is COCCCCC(=O)N1CCOc2nc(C)ccc21. The van der Waals surface area contributed by atoms with Crippen molar-refractivity contribution in [2.24, 2.45) is 0 Å². The molecule has 0 N–H and O–H groups in total. The van der Waals surface area contributed by atoms with Gasteiger partial charge in [0.2, 0.25) is 11.8 Å². The number of aryl methyl sites for hydroxylation is 1. The first-order valence-electron chi connectivity index (χ1n) is 6.62. The van der Waals surface area contributed by atoms with E-state index >= 15 is 0 Å². The number of carbonyl (C=O) groups is 1. The molecule has 1 amide bonds. The monoisotopic (exact) mass is 264 g/mol. The third-order valence-electron chi connectivity index (χ3n) is 3.11. The Kier molecular flexibility index (Phi) is 4.74. The molecule has 0 aliphatic carbocycles. The summed E-state index contributed by atoms with van der Waals surface area (Å²) in [6, 6.07) is 3.81. The fourth-order valence-corrected chi connectivity index (χ4v) is 2.11. The molecule has 0 fully saturated rings. The van der Waals surface area contributed by atoms with E-state index in [4.69, 9.17) is 9.47 Å². The van der Waals surface area contributed by atoms with Gasteiger partial charge in [0, 0.05) is 25.8 Å². The zero-order valence-corrected chi connectivity index (χ0v) is 11.5. The fourth-order valence-electron chi connectivity index (χ4n) is 2.11. The summed E-state index contributed by atoms with van der Waals surface area (Å²) in [6.45, 7) is 3.72. The number of fused-ring (bicyclic) bond motifs is 1. The topological polar surface area (TPSA) is 51.7 Å². The van der Waals surface area contributed by atoms with E-state index in [9.17, 15) is 4.79 Å². The molecule has 19 heavy (non-hydrogen) atoms. The second kappa shape index (κ2) is 6.52. The molecule has 0 spiro atoms. The van der Waals surface area contributed by atoms with E-state index < -0.39 is 0 Å². The van der Waals surface area contributed by atoms with E-state index in [1.165, 1.54) is 0 Å². The van der Waals surface area contributed by atoms with Gasteiger partial charge in [-0.25, -0.2) is 4.98 Å². The van der Waals surface area contributed by atoms with Crippen molar-refractivity contribution in [3.05, 3.63) is 17.8 Å². The van der Waals surface area contributed by atoms with Crippen LogP contribution in [0.5, 0.6) is 5.88 Å². The molecule has 0 aromatic carbocycles. The van der Waals surface area contributed by atoms with E-state index in [1.54, 1.807) is 12.0 Å². The summed E-state index contributed by atoms with van der Waals surface area (Å²) in [4.78, 5) is 18.3. The largest absolute Gasteiger partial charge is 0.474 e. The highest BCUT2D eigenvalue weighted by molar-refractivity contribution is 5.94. The summed E-state index contributed by atoms with van der Waals surface area (Å²) in [5, 5.41) is 0. The van der Waals surface area contributed by atoms with Crippen LogP contribution < -0.4 is 9.64 Å². The molecule has 2 heterocycles. The number of methoxy groups -OCH3 is 1. The molecule has 1 aliphatic heterocycles. The van der Waals surface area contributed by atoms with Crippen LogP contribution in [0.2, 0.25) is 0 Å². The van der Waals surface area contributed by atoms with E-state index in [-0.39, 0.29) is 5.91 Å². The molecule has 0 atom stereocenters. The maximum Gasteiger partial charge on any atom is 0.238 e. The zero-order valence-electron chi connectivity index (χ0n) is 11.5. The minimum atomic E-state index is 0.131. The molecule has 5 heteroatoms. The number of amides is 1. The van der Waals surface area contributed by atoms with E-state index in [1.807, 2.05) is 19.1 Å². The van der Waals surface area contributed by atoms with Crippen LogP contribution in [0, 0.1) is 6.92 Å². The zero-order chi connectivity index (χ0) is 13.7. The van der Waals surface area contributed by atoms with Crippen molar-refractivity contribution in [3.8, 4) is 5.88 Å². The number of unbranched alkanes of at least 4 members (excludes halogenated alkanes) is 1. The van der Waals surface area contributed by atoms with Crippen molar-refractivity contribution in [2.75, 3.05) is 31.8 Å². The fraction of sp³-hybridized carbons (Fsp3) is 0.571. The Morgan fingerprint density at radius 1 is 1.47 bits per heavy atom. The first kappa shape index (κ1) is 13.8. The van der Waals surface area contributed by atoms with Gasteiger partial charge in [-0.2, -0.15) is 0 Å². The Morgan fingerprint density at radius 2 is 2.32 bits per heavy atom. The molecule has 0 saturated carbocycles. The summed E-state index contributed by atoms with van der Waals surface area (Å²) < 4.78 is 10.5. The van der Waals surface area contributed by atoms with Crippen molar-refractivity contribution >= 4 is 11.6 Å². The molecule has 104 valence electrons. The number of nitrogens with zero attached hydrogens (tertiary/aromatic N) is 2. The normalized spacial score (nSPS) is 13.9. The quantitative estimate of drug-likeness (QED) is 0.763. The predicted octanol–water partition coefficient (Wildman–Crippen LogP) is 1.93. The second-order valence-corrected chi connectivity index (χ2v) is 4.62. The summed E-state index contributed by atoms with van der Waals surface area (Å²) in [6.07, 6.45) is 2.29. The van der Waals surface area contributed by atoms with Crippen molar-refractivity contribution in [1.29, 1.82) is 0 Å². The van der Waals surface area contributed by atoms with Gasteiger partial charge in [0.25, 0.3) is 0 Å². The lowest BCUT2D eigenvalue weighted by atomic mass is 10.2. The smallest absolute Gasteiger partial charge is 0.238 e. The molecule has 2 rings (SSSR count). The highest BCUT2D eigenvalue weighted by atomic mass is 16.5. The van der Waals surface area contributed by atoms with Crippen molar-refractivity contribution < 1.29 is 14.3 Å². The molecule has 0 radical (unpaired) electrons.